The highest BCUT2D eigenvalue weighted by atomic mass is 32.2. The van der Waals surface area contributed by atoms with E-state index in [1.165, 1.54) is 17.3 Å². The zero-order valence-electron chi connectivity index (χ0n) is 16.2. The number of nitrogens with one attached hydrogen (secondary N) is 1. The van der Waals surface area contributed by atoms with E-state index in [2.05, 4.69) is 41.5 Å². The summed E-state index contributed by atoms with van der Waals surface area (Å²) in [4.78, 5) is 17.2. The second kappa shape index (κ2) is 9.12. The molecule has 5 nitrogen and oxygen atoms in total. The first kappa shape index (κ1) is 20.2. The standard InChI is InChI=1S/C21H22N2O3S2/c1-13-5-7-15(8-6-13)17-12-27-21(23-17)28-14(2)20(24)22-16-9-10-18(25-3)19(11-16)26-4/h5-12,14H,1-4H3,(H,22,24)/t14-/m1/s1. The number of thiazole rings is 1. The molecule has 28 heavy (non-hydrogen) atoms. The molecule has 1 atom stereocenters. The van der Waals surface area contributed by atoms with Crippen LogP contribution in [0.3, 0.4) is 0 Å². The van der Waals surface area contributed by atoms with Crippen LogP contribution < -0.4 is 14.8 Å². The van der Waals surface area contributed by atoms with Crippen molar-refractivity contribution in [2.45, 2.75) is 23.4 Å². The summed E-state index contributed by atoms with van der Waals surface area (Å²) in [7, 11) is 3.14. The summed E-state index contributed by atoms with van der Waals surface area (Å²) in [5.74, 6) is 1.10. The molecule has 0 aliphatic rings. The summed E-state index contributed by atoms with van der Waals surface area (Å²) in [6.45, 7) is 3.93. The van der Waals surface area contributed by atoms with Crippen LogP contribution in [0.2, 0.25) is 0 Å². The van der Waals surface area contributed by atoms with Gasteiger partial charge < -0.3 is 14.8 Å². The Morgan fingerprint density at radius 3 is 2.50 bits per heavy atom. The van der Waals surface area contributed by atoms with Gasteiger partial charge in [-0.1, -0.05) is 41.6 Å². The van der Waals surface area contributed by atoms with Gasteiger partial charge in [0, 0.05) is 22.7 Å². The number of aromatic nitrogens is 1. The van der Waals surface area contributed by atoms with Gasteiger partial charge in [-0.3, -0.25) is 4.79 Å². The largest absolute Gasteiger partial charge is 0.493 e. The van der Waals surface area contributed by atoms with Gasteiger partial charge in [-0.2, -0.15) is 0 Å². The highest BCUT2D eigenvalue weighted by Gasteiger charge is 2.18. The van der Waals surface area contributed by atoms with Gasteiger partial charge in [-0.15, -0.1) is 11.3 Å². The van der Waals surface area contributed by atoms with Gasteiger partial charge in [-0.25, -0.2) is 4.98 Å². The lowest BCUT2D eigenvalue weighted by Gasteiger charge is -2.13. The number of benzene rings is 2. The van der Waals surface area contributed by atoms with Crippen LogP contribution in [-0.2, 0) is 4.79 Å². The summed E-state index contributed by atoms with van der Waals surface area (Å²) in [6.07, 6.45) is 0. The summed E-state index contributed by atoms with van der Waals surface area (Å²) in [6, 6.07) is 13.6. The van der Waals surface area contributed by atoms with Gasteiger partial charge in [0.25, 0.3) is 0 Å². The van der Waals surface area contributed by atoms with Gasteiger partial charge >= 0.3 is 0 Å². The SMILES string of the molecule is COc1ccc(NC(=O)[C@@H](C)Sc2nc(-c3ccc(C)cc3)cs2)cc1OC. The highest BCUT2D eigenvalue weighted by molar-refractivity contribution is 8.02. The second-order valence-electron chi connectivity index (χ2n) is 6.18. The topological polar surface area (TPSA) is 60.5 Å². The maximum Gasteiger partial charge on any atom is 0.237 e. The average Bonchev–Trinajstić information content (AvgIpc) is 3.16. The van der Waals surface area contributed by atoms with Crippen LogP contribution in [0.1, 0.15) is 12.5 Å². The molecule has 7 heteroatoms. The number of carbonyl (C=O) groups excluding carboxylic acids is 1. The first-order valence-corrected chi connectivity index (χ1v) is 10.5. The van der Waals surface area contributed by atoms with E-state index in [1.54, 1.807) is 43.8 Å². The summed E-state index contributed by atoms with van der Waals surface area (Å²) >= 11 is 2.99. The Morgan fingerprint density at radius 1 is 1.11 bits per heavy atom. The first-order valence-electron chi connectivity index (χ1n) is 8.72. The number of methoxy groups -OCH3 is 2. The Balaban J connectivity index is 1.64. The summed E-state index contributed by atoms with van der Waals surface area (Å²) in [5.41, 5.74) is 3.89. The third-order valence-corrected chi connectivity index (χ3v) is 6.20. The van der Waals surface area contributed by atoms with E-state index in [-0.39, 0.29) is 11.2 Å². The van der Waals surface area contributed by atoms with Crippen molar-refractivity contribution in [3.8, 4) is 22.8 Å². The third-order valence-electron chi connectivity index (χ3n) is 4.13. The van der Waals surface area contributed by atoms with Crippen LogP contribution >= 0.6 is 23.1 Å². The Bertz CT molecular complexity index is 955. The molecular weight excluding hydrogens is 392 g/mol. The Labute approximate surface area is 173 Å². The lowest BCUT2D eigenvalue weighted by atomic mass is 10.1. The van der Waals surface area contributed by atoms with Crippen molar-refractivity contribution in [2.75, 3.05) is 19.5 Å². The molecule has 0 bridgehead atoms. The van der Waals surface area contributed by atoms with E-state index in [1.807, 2.05) is 12.3 Å². The molecule has 1 amide bonds. The minimum atomic E-state index is -0.287. The molecule has 0 radical (unpaired) electrons. The van der Waals surface area contributed by atoms with E-state index in [4.69, 9.17) is 9.47 Å². The molecule has 1 N–H and O–H groups in total. The van der Waals surface area contributed by atoms with E-state index in [0.717, 1.165) is 15.6 Å². The fourth-order valence-corrected chi connectivity index (χ4v) is 4.50. The van der Waals surface area contributed by atoms with Crippen molar-refractivity contribution in [3.63, 3.8) is 0 Å². The van der Waals surface area contributed by atoms with Crippen molar-refractivity contribution in [3.05, 3.63) is 53.4 Å². The lowest BCUT2D eigenvalue weighted by Crippen LogP contribution is -2.22. The zero-order chi connectivity index (χ0) is 20.1. The normalized spacial score (nSPS) is 11.7. The number of carbonyl (C=O) groups is 1. The lowest BCUT2D eigenvalue weighted by molar-refractivity contribution is -0.115. The third kappa shape index (κ3) is 4.85. The van der Waals surface area contributed by atoms with Crippen LogP contribution in [0.5, 0.6) is 11.5 Å². The predicted octanol–water partition coefficient (Wildman–Crippen LogP) is 5.26. The number of nitrogens with zero attached hydrogens (tertiary/aromatic N) is 1. The van der Waals surface area contributed by atoms with Gasteiger partial charge in [0.05, 0.1) is 25.2 Å². The molecule has 0 aliphatic carbocycles. The molecule has 2 aromatic carbocycles. The molecule has 0 spiro atoms. The molecule has 1 aromatic heterocycles. The number of aryl methyl sites for hydroxylation is 1. The quantitative estimate of drug-likeness (QED) is 0.535. The van der Waals surface area contributed by atoms with Crippen LogP contribution in [0.25, 0.3) is 11.3 Å². The maximum absolute atomic E-state index is 12.6. The van der Waals surface area contributed by atoms with E-state index < -0.39 is 0 Å². The van der Waals surface area contributed by atoms with Crippen LogP contribution in [0, 0.1) is 6.92 Å². The number of anilines is 1. The van der Waals surface area contributed by atoms with Crippen LogP contribution in [0.4, 0.5) is 5.69 Å². The number of ether oxygens (including phenoxy) is 2. The summed E-state index contributed by atoms with van der Waals surface area (Å²) in [5, 5.41) is 4.65. The molecule has 1 heterocycles. The molecule has 0 unspecified atom stereocenters. The van der Waals surface area contributed by atoms with Crippen LogP contribution in [0.15, 0.2) is 52.2 Å². The number of amides is 1. The number of hydrogen-bond donors (Lipinski definition) is 1. The van der Waals surface area contributed by atoms with Gasteiger partial charge in [0.1, 0.15) is 0 Å². The average molecular weight is 415 g/mol. The summed E-state index contributed by atoms with van der Waals surface area (Å²) < 4.78 is 11.4. The van der Waals surface area contributed by atoms with Crippen molar-refractivity contribution < 1.29 is 14.3 Å². The number of hydrogen-bond acceptors (Lipinski definition) is 6. The fraction of sp³-hybridized carbons (Fsp3) is 0.238. The van der Waals surface area contributed by atoms with E-state index in [0.29, 0.717) is 17.2 Å². The molecule has 0 aliphatic heterocycles. The van der Waals surface area contributed by atoms with Crippen molar-refractivity contribution in [1.29, 1.82) is 0 Å². The minimum Gasteiger partial charge on any atom is -0.493 e. The van der Waals surface area contributed by atoms with Crippen molar-refractivity contribution in [1.82, 2.24) is 4.98 Å². The molecule has 3 aromatic rings. The minimum absolute atomic E-state index is 0.0932. The van der Waals surface area contributed by atoms with Gasteiger partial charge in [0.15, 0.2) is 15.8 Å². The second-order valence-corrected chi connectivity index (χ2v) is 8.63. The van der Waals surface area contributed by atoms with Gasteiger partial charge in [-0.05, 0) is 26.0 Å². The molecule has 0 saturated carbocycles. The van der Waals surface area contributed by atoms with E-state index in [9.17, 15) is 4.79 Å². The molecule has 0 fully saturated rings. The van der Waals surface area contributed by atoms with Crippen LogP contribution in [-0.4, -0.2) is 30.4 Å². The molecule has 146 valence electrons. The Hall–Kier alpha value is -2.51. The molecular formula is C21H22N2O3S2. The number of rotatable bonds is 7. The molecule has 0 saturated heterocycles. The smallest absolute Gasteiger partial charge is 0.237 e. The van der Waals surface area contributed by atoms with Gasteiger partial charge in [0.2, 0.25) is 5.91 Å². The molecule has 3 rings (SSSR count). The predicted molar refractivity (Wildman–Crippen MR) is 116 cm³/mol. The van der Waals surface area contributed by atoms with Crippen molar-refractivity contribution >= 4 is 34.7 Å². The monoisotopic (exact) mass is 414 g/mol. The Kier molecular flexibility index (Phi) is 6.59. The number of thioether (sulfide) groups is 1. The Morgan fingerprint density at radius 2 is 1.82 bits per heavy atom. The van der Waals surface area contributed by atoms with E-state index >= 15 is 0 Å². The first-order chi connectivity index (χ1) is 13.5. The maximum atomic E-state index is 12.6. The zero-order valence-corrected chi connectivity index (χ0v) is 17.8. The fourth-order valence-electron chi connectivity index (χ4n) is 2.53. The highest BCUT2D eigenvalue weighted by Crippen LogP contribution is 2.33. The van der Waals surface area contributed by atoms with Crippen molar-refractivity contribution in [2.24, 2.45) is 0 Å².